The molecule has 0 bridgehead atoms. The number of nitrogens with zero attached hydrogens (tertiary/aromatic N) is 3. The van der Waals surface area contributed by atoms with Gasteiger partial charge in [-0.2, -0.15) is 0 Å². The maximum atomic E-state index is 13.2. The Labute approximate surface area is 209 Å². The fourth-order valence-electron chi connectivity index (χ4n) is 4.44. The van der Waals surface area contributed by atoms with Crippen LogP contribution in [-0.4, -0.2) is 60.2 Å². The van der Waals surface area contributed by atoms with Crippen molar-refractivity contribution in [2.75, 3.05) is 39.8 Å². The van der Waals surface area contributed by atoms with E-state index in [1.807, 2.05) is 50.2 Å². The number of carbonyl (C=O) groups is 1. The van der Waals surface area contributed by atoms with Crippen LogP contribution in [0.15, 0.2) is 53.0 Å². The summed E-state index contributed by atoms with van der Waals surface area (Å²) in [6, 6.07) is 15.9. The summed E-state index contributed by atoms with van der Waals surface area (Å²) in [5, 5.41) is 0.668. The summed E-state index contributed by atoms with van der Waals surface area (Å²) in [4.78, 5) is 18.0. The van der Waals surface area contributed by atoms with Gasteiger partial charge < -0.3 is 14.2 Å². The normalized spacial score (nSPS) is 15.1. The summed E-state index contributed by atoms with van der Waals surface area (Å²) in [5.41, 5.74) is 5.49. The molecule has 7 heteroatoms. The maximum absolute atomic E-state index is 13.2. The lowest BCUT2D eigenvalue weighted by Gasteiger charge is -2.33. The molecule has 1 saturated heterocycles. The van der Waals surface area contributed by atoms with Crippen LogP contribution in [0.5, 0.6) is 0 Å². The topological polar surface area (TPSA) is 37.7 Å². The van der Waals surface area contributed by atoms with Gasteiger partial charge in [0, 0.05) is 64.9 Å². The van der Waals surface area contributed by atoms with Gasteiger partial charge in [-0.25, -0.2) is 4.79 Å². The molecule has 4 rings (SSSR count). The highest BCUT2D eigenvalue weighted by molar-refractivity contribution is 9.10. The summed E-state index contributed by atoms with van der Waals surface area (Å²) in [7, 11) is 2.16. The van der Waals surface area contributed by atoms with Crippen molar-refractivity contribution >= 4 is 33.5 Å². The second-order valence-corrected chi connectivity index (χ2v) is 9.75. The summed E-state index contributed by atoms with van der Waals surface area (Å²) in [6.07, 6.45) is 0. The summed E-state index contributed by atoms with van der Waals surface area (Å²) in [6.45, 7) is 8.93. The number of likely N-dealkylation sites (N-methyl/N-ethyl adjacent to an activating group) is 1. The number of piperazine rings is 1. The Hall–Kier alpha value is -2.12. The number of benzene rings is 2. The molecule has 0 spiro atoms. The van der Waals surface area contributed by atoms with Crippen LogP contribution in [0.3, 0.4) is 0 Å². The molecule has 3 aromatic rings. The smallest absolute Gasteiger partial charge is 0.340 e. The number of hydrogen-bond acceptors (Lipinski definition) is 4. The number of halogens is 2. The van der Waals surface area contributed by atoms with Gasteiger partial charge in [-0.15, -0.1) is 0 Å². The van der Waals surface area contributed by atoms with Crippen molar-refractivity contribution in [2.45, 2.75) is 20.4 Å². The Morgan fingerprint density at radius 3 is 2.27 bits per heavy atom. The molecule has 0 radical (unpaired) electrons. The van der Waals surface area contributed by atoms with E-state index in [2.05, 4.69) is 49.5 Å². The lowest BCUT2D eigenvalue weighted by Crippen LogP contribution is -2.44. The zero-order valence-electron chi connectivity index (χ0n) is 19.3. The first-order valence-corrected chi connectivity index (χ1v) is 12.4. The highest BCUT2D eigenvalue weighted by Crippen LogP contribution is 2.37. The molecule has 2 heterocycles. The van der Waals surface area contributed by atoms with E-state index in [4.69, 9.17) is 16.3 Å². The molecule has 1 fully saturated rings. The van der Waals surface area contributed by atoms with Gasteiger partial charge in [0.1, 0.15) is 0 Å². The Morgan fingerprint density at radius 2 is 1.67 bits per heavy atom. The van der Waals surface area contributed by atoms with Crippen molar-refractivity contribution in [3.63, 3.8) is 0 Å². The average Bonchev–Trinajstić information content (AvgIpc) is 3.08. The van der Waals surface area contributed by atoms with Crippen molar-refractivity contribution in [2.24, 2.45) is 0 Å². The standard InChI is InChI=1S/C26H29BrClN3O2/c1-4-33-26(32)24-18(2)31(22-11-7-20(27)8-12-22)23(17-30-15-13-29(3)14-16-30)25(24)19-5-9-21(28)10-6-19/h5-12H,4,13-17H2,1-3H3. The number of hydrogen-bond donors (Lipinski definition) is 0. The van der Waals surface area contributed by atoms with Gasteiger partial charge in [-0.05, 0) is 62.9 Å². The molecule has 174 valence electrons. The maximum Gasteiger partial charge on any atom is 0.340 e. The van der Waals surface area contributed by atoms with Crippen molar-refractivity contribution in [1.82, 2.24) is 14.4 Å². The molecule has 0 aliphatic carbocycles. The molecule has 1 aliphatic heterocycles. The van der Waals surface area contributed by atoms with E-state index in [1.54, 1.807) is 0 Å². The first-order chi connectivity index (χ1) is 15.9. The Balaban J connectivity index is 1.94. The quantitative estimate of drug-likeness (QED) is 0.378. The molecule has 5 nitrogen and oxygen atoms in total. The highest BCUT2D eigenvalue weighted by atomic mass is 79.9. The molecule has 0 atom stereocenters. The van der Waals surface area contributed by atoms with Gasteiger partial charge in [0.2, 0.25) is 0 Å². The molecule has 1 aromatic heterocycles. The fraction of sp³-hybridized carbons (Fsp3) is 0.346. The molecule has 33 heavy (non-hydrogen) atoms. The minimum Gasteiger partial charge on any atom is -0.462 e. The van der Waals surface area contributed by atoms with Crippen molar-refractivity contribution in [1.29, 1.82) is 0 Å². The van der Waals surface area contributed by atoms with E-state index < -0.39 is 0 Å². The van der Waals surface area contributed by atoms with E-state index in [1.165, 1.54) is 0 Å². The van der Waals surface area contributed by atoms with Gasteiger partial charge in [0.25, 0.3) is 0 Å². The third kappa shape index (κ3) is 5.19. The molecular weight excluding hydrogens is 502 g/mol. The van der Waals surface area contributed by atoms with Crippen LogP contribution >= 0.6 is 27.5 Å². The van der Waals surface area contributed by atoms with Crippen LogP contribution in [0.2, 0.25) is 5.02 Å². The Kier molecular flexibility index (Phi) is 7.59. The zero-order valence-corrected chi connectivity index (χ0v) is 21.6. The van der Waals surface area contributed by atoms with Crippen LogP contribution < -0.4 is 0 Å². The van der Waals surface area contributed by atoms with Gasteiger partial charge in [-0.1, -0.05) is 39.7 Å². The predicted octanol–water partition coefficient (Wildman–Crippen LogP) is 5.79. The Bertz CT molecular complexity index is 1120. The number of ether oxygens (including phenoxy) is 1. The Morgan fingerprint density at radius 1 is 1.03 bits per heavy atom. The van der Waals surface area contributed by atoms with Crippen LogP contribution in [0, 0.1) is 6.92 Å². The minimum absolute atomic E-state index is 0.296. The SMILES string of the molecule is CCOC(=O)c1c(-c2ccc(Cl)cc2)c(CN2CCN(C)CC2)n(-c2ccc(Br)cc2)c1C. The molecular formula is C26H29BrClN3O2. The second kappa shape index (κ2) is 10.4. The minimum atomic E-state index is -0.296. The largest absolute Gasteiger partial charge is 0.462 e. The molecule has 0 amide bonds. The molecule has 0 saturated carbocycles. The van der Waals surface area contributed by atoms with Gasteiger partial charge in [0.05, 0.1) is 12.2 Å². The van der Waals surface area contributed by atoms with E-state index in [-0.39, 0.29) is 5.97 Å². The number of esters is 1. The first kappa shape index (κ1) is 24.0. The van der Waals surface area contributed by atoms with E-state index in [0.717, 1.165) is 65.4 Å². The van der Waals surface area contributed by atoms with E-state index >= 15 is 0 Å². The number of rotatable bonds is 6. The molecule has 1 aliphatic rings. The van der Waals surface area contributed by atoms with E-state index in [0.29, 0.717) is 17.2 Å². The van der Waals surface area contributed by atoms with Gasteiger partial charge >= 0.3 is 5.97 Å². The summed E-state index contributed by atoms with van der Waals surface area (Å²) >= 11 is 9.73. The molecule has 2 aromatic carbocycles. The number of aromatic nitrogens is 1. The number of carbonyl (C=O) groups excluding carboxylic acids is 1. The average molecular weight is 531 g/mol. The second-order valence-electron chi connectivity index (χ2n) is 8.40. The van der Waals surface area contributed by atoms with Crippen LogP contribution in [0.1, 0.15) is 28.7 Å². The van der Waals surface area contributed by atoms with Crippen LogP contribution in [-0.2, 0) is 11.3 Å². The van der Waals surface area contributed by atoms with Crippen molar-refractivity contribution < 1.29 is 9.53 Å². The molecule has 0 N–H and O–H groups in total. The van der Waals surface area contributed by atoms with Gasteiger partial charge in [-0.3, -0.25) is 4.90 Å². The van der Waals surface area contributed by atoms with Crippen LogP contribution in [0.25, 0.3) is 16.8 Å². The van der Waals surface area contributed by atoms with Crippen molar-refractivity contribution in [3.05, 3.63) is 75.0 Å². The predicted molar refractivity (Wildman–Crippen MR) is 137 cm³/mol. The van der Waals surface area contributed by atoms with Crippen LogP contribution in [0.4, 0.5) is 0 Å². The summed E-state index contributed by atoms with van der Waals surface area (Å²) in [5.74, 6) is -0.296. The monoisotopic (exact) mass is 529 g/mol. The lowest BCUT2D eigenvalue weighted by molar-refractivity contribution is 0.0526. The third-order valence-corrected chi connectivity index (χ3v) is 6.95. The van der Waals surface area contributed by atoms with E-state index in [9.17, 15) is 4.79 Å². The lowest BCUT2D eigenvalue weighted by atomic mass is 9.99. The highest BCUT2D eigenvalue weighted by Gasteiger charge is 2.29. The van der Waals surface area contributed by atoms with Gasteiger partial charge in [0.15, 0.2) is 0 Å². The zero-order chi connectivity index (χ0) is 23.5. The fourth-order valence-corrected chi connectivity index (χ4v) is 4.83. The summed E-state index contributed by atoms with van der Waals surface area (Å²) < 4.78 is 8.74. The first-order valence-electron chi connectivity index (χ1n) is 11.2. The van der Waals surface area contributed by atoms with Crippen molar-refractivity contribution in [3.8, 4) is 16.8 Å². The molecule has 0 unspecified atom stereocenters. The third-order valence-electron chi connectivity index (χ3n) is 6.17.